The first-order chi connectivity index (χ1) is 13.1. The van der Waals surface area contributed by atoms with Gasteiger partial charge in [-0.2, -0.15) is 5.26 Å². The Kier molecular flexibility index (Phi) is 5.72. The molecule has 0 atom stereocenters. The van der Waals surface area contributed by atoms with E-state index in [-0.39, 0.29) is 17.7 Å². The van der Waals surface area contributed by atoms with E-state index in [1.54, 1.807) is 60.5 Å². The lowest BCUT2D eigenvalue weighted by Gasteiger charge is -2.31. The highest BCUT2D eigenvalue weighted by Gasteiger charge is 2.28. The van der Waals surface area contributed by atoms with E-state index in [9.17, 15) is 9.59 Å². The molecule has 1 aliphatic heterocycles. The number of benzene rings is 2. The largest absolute Gasteiger partial charge is 0.497 e. The minimum absolute atomic E-state index is 0.0358. The fourth-order valence-electron chi connectivity index (χ4n) is 3.19. The molecule has 0 radical (unpaired) electrons. The van der Waals surface area contributed by atoms with E-state index in [2.05, 4.69) is 11.4 Å². The molecule has 138 valence electrons. The van der Waals surface area contributed by atoms with Gasteiger partial charge in [-0.1, -0.05) is 12.1 Å². The molecule has 27 heavy (non-hydrogen) atoms. The maximum atomic E-state index is 12.6. The molecule has 0 aromatic heterocycles. The van der Waals surface area contributed by atoms with Gasteiger partial charge in [-0.3, -0.25) is 9.59 Å². The van der Waals surface area contributed by atoms with Gasteiger partial charge in [0.25, 0.3) is 5.91 Å². The number of piperidine rings is 1. The molecule has 0 spiro atoms. The molecule has 0 bridgehead atoms. The highest BCUT2D eigenvalue weighted by Crippen LogP contribution is 2.23. The monoisotopic (exact) mass is 363 g/mol. The topological polar surface area (TPSA) is 82.4 Å². The number of amides is 2. The lowest BCUT2D eigenvalue weighted by atomic mass is 9.95. The molecule has 2 aromatic rings. The van der Waals surface area contributed by atoms with Crippen LogP contribution in [0.3, 0.4) is 0 Å². The number of carbonyl (C=O) groups is 2. The number of methoxy groups -OCH3 is 1. The average Bonchev–Trinajstić information content (AvgIpc) is 2.73. The summed E-state index contributed by atoms with van der Waals surface area (Å²) in [6, 6.07) is 16.0. The molecule has 6 nitrogen and oxygen atoms in total. The van der Waals surface area contributed by atoms with E-state index in [0.29, 0.717) is 48.5 Å². The van der Waals surface area contributed by atoms with E-state index in [1.807, 2.05) is 0 Å². The lowest BCUT2D eigenvalue weighted by Crippen LogP contribution is -2.41. The predicted octanol–water partition coefficient (Wildman–Crippen LogP) is 3.06. The Morgan fingerprint density at radius 1 is 1.11 bits per heavy atom. The number of carbonyl (C=O) groups excluding carboxylic acids is 2. The van der Waals surface area contributed by atoms with Crippen LogP contribution in [0.4, 0.5) is 5.69 Å². The van der Waals surface area contributed by atoms with Gasteiger partial charge in [-0.25, -0.2) is 0 Å². The van der Waals surface area contributed by atoms with Crippen molar-refractivity contribution in [1.29, 1.82) is 5.26 Å². The Morgan fingerprint density at radius 3 is 2.41 bits per heavy atom. The highest BCUT2D eigenvalue weighted by atomic mass is 16.5. The quantitative estimate of drug-likeness (QED) is 0.905. The maximum Gasteiger partial charge on any atom is 0.253 e. The Hall–Kier alpha value is -3.33. The number of nitriles is 1. The van der Waals surface area contributed by atoms with E-state index >= 15 is 0 Å². The van der Waals surface area contributed by atoms with Crippen LogP contribution in [0, 0.1) is 17.2 Å². The number of hydrogen-bond donors (Lipinski definition) is 1. The first-order valence-corrected chi connectivity index (χ1v) is 8.85. The second-order valence-electron chi connectivity index (χ2n) is 6.44. The highest BCUT2D eigenvalue weighted by molar-refractivity contribution is 5.96. The summed E-state index contributed by atoms with van der Waals surface area (Å²) in [4.78, 5) is 26.9. The van der Waals surface area contributed by atoms with Crippen LogP contribution in [0.2, 0.25) is 0 Å². The van der Waals surface area contributed by atoms with Crippen LogP contribution >= 0.6 is 0 Å². The Bertz CT molecular complexity index is 863. The van der Waals surface area contributed by atoms with Crippen molar-refractivity contribution in [1.82, 2.24) is 4.90 Å². The summed E-state index contributed by atoms with van der Waals surface area (Å²) in [5.74, 6) is 0.400. The van der Waals surface area contributed by atoms with Gasteiger partial charge >= 0.3 is 0 Å². The van der Waals surface area contributed by atoms with Gasteiger partial charge in [0.2, 0.25) is 5.91 Å². The Balaban J connectivity index is 1.57. The molecule has 6 heteroatoms. The molecule has 2 amide bonds. The number of nitrogens with zero attached hydrogens (tertiary/aromatic N) is 2. The molecule has 1 heterocycles. The first kappa shape index (κ1) is 18.5. The van der Waals surface area contributed by atoms with Crippen molar-refractivity contribution in [3.8, 4) is 11.8 Å². The fraction of sp³-hybridized carbons (Fsp3) is 0.286. The number of ether oxygens (including phenoxy) is 1. The molecular formula is C21H21N3O3. The van der Waals surface area contributed by atoms with Gasteiger partial charge in [0.05, 0.1) is 18.4 Å². The third kappa shape index (κ3) is 4.26. The molecule has 0 unspecified atom stereocenters. The molecular weight excluding hydrogens is 342 g/mol. The number of nitrogens with one attached hydrogen (secondary N) is 1. The van der Waals surface area contributed by atoms with Crippen LogP contribution in [0.5, 0.6) is 5.75 Å². The number of rotatable bonds is 4. The third-order valence-corrected chi connectivity index (χ3v) is 4.80. The molecule has 1 aliphatic rings. The molecule has 1 fully saturated rings. The summed E-state index contributed by atoms with van der Waals surface area (Å²) >= 11 is 0. The minimum Gasteiger partial charge on any atom is -0.497 e. The van der Waals surface area contributed by atoms with Gasteiger partial charge in [0, 0.05) is 24.6 Å². The zero-order valence-electron chi connectivity index (χ0n) is 15.1. The minimum atomic E-state index is -0.170. The molecule has 3 rings (SSSR count). The Labute approximate surface area is 158 Å². The molecule has 1 N–H and O–H groups in total. The SMILES string of the molecule is COc1ccc(C(=O)N2CCC(C(=O)Nc3ccccc3C#N)CC2)cc1. The van der Waals surface area contributed by atoms with Crippen LogP contribution in [0.25, 0.3) is 0 Å². The van der Waals surface area contributed by atoms with Crippen molar-refractivity contribution in [2.75, 3.05) is 25.5 Å². The van der Waals surface area contributed by atoms with Crippen molar-refractivity contribution in [3.05, 3.63) is 59.7 Å². The second kappa shape index (κ2) is 8.37. The van der Waals surface area contributed by atoms with Crippen LogP contribution in [-0.4, -0.2) is 36.9 Å². The summed E-state index contributed by atoms with van der Waals surface area (Å²) in [7, 11) is 1.58. The number of anilines is 1. The first-order valence-electron chi connectivity index (χ1n) is 8.85. The second-order valence-corrected chi connectivity index (χ2v) is 6.44. The fourth-order valence-corrected chi connectivity index (χ4v) is 3.19. The van der Waals surface area contributed by atoms with Crippen molar-refractivity contribution in [3.63, 3.8) is 0 Å². The van der Waals surface area contributed by atoms with Crippen molar-refractivity contribution < 1.29 is 14.3 Å². The van der Waals surface area contributed by atoms with Crippen molar-refractivity contribution in [2.45, 2.75) is 12.8 Å². The van der Waals surface area contributed by atoms with Gasteiger partial charge in [-0.05, 0) is 49.2 Å². The summed E-state index contributed by atoms with van der Waals surface area (Å²) in [5.41, 5.74) is 1.58. The normalized spacial score (nSPS) is 14.3. The standard InChI is InChI=1S/C21H21N3O3/c1-27-18-8-6-16(7-9-18)21(26)24-12-10-15(11-13-24)20(25)23-19-5-3-2-4-17(19)14-22/h2-9,15H,10-13H2,1H3,(H,23,25). The summed E-state index contributed by atoms with van der Waals surface area (Å²) in [5, 5.41) is 12.0. The number of para-hydroxylation sites is 1. The van der Waals surface area contributed by atoms with E-state index in [1.165, 1.54) is 0 Å². The van der Waals surface area contributed by atoms with Gasteiger partial charge < -0.3 is 15.0 Å². The van der Waals surface area contributed by atoms with Crippen LogP contribution in [0.15, 0.2) is 48.5 Å². The van der Waals surface area contributed by atoms with E-state index in [4.69, 9.17) is 10.00 Å². The van der Waals surface area contributed by atoms with E-state index in [0.717, 1.165) is 0 Å². The van der Waals surface area contributed by atoms with E-state index < -0.39 is 0 Å². The van der Waals surface area contributed by atoms with Crippen molar-refractivity contribution in [2.24, 2.45) is 5.92 Å². The van der Waals surface area contributed by atoms with Gasteiger partial charge in [0.15, 0.2) is 0 Å². The zero-order chi connectivity index (χ0) is 19.2. The van der Waals surface area contributed by atoms with Gasteiger partial charge in [-0.15, -0.1) is 0 Å². The molecule has 0 aliphatic carbocycles. The lowest BCUT2D eigenvalue weighted by molar-refractivity contribution is -0.121. The number of likely N-dealkylation sites (tertiary alicyclic amines) is 1. The molecule has 2 aromatic carbocycles. The zero-order valence-corrected chi connectivity index (χ0v) is 15.1. The number of hydrogen-bond acceptors (Lipinski definition) is 4. The predicted molar refractivity (Wildman–Crippen MR) is 101 cm³/mol. The smallest absolute Gasteiger partial charge is 0.253 e. The molecule has 1 saturated heterocycles. The van der Waals surface area contributed by atoms with Crippen LogP contribution < -0.4 is 10.1 Å². The molecule has 0 saturated carbocycles. The summed E-state index contributed by atoms with van der Waals surface area (Å²) in [6.45, 7) is 1.06. The van der Waals surface area contributed by atoms with Crippen LogP contribution in [0.1, 0.15) is 28.8 Å². The van der Waals surface area contributed by atoms with Gasteiger partial charge in [0.1, 0.15) is 11.8 Å². The summed E-state index contributed by atoms with van der Waals surface area (Å²) in [6.07, 6.45) is 1.20. The maximum absolute atomic E-state index is 12.6. The van der Waals surface area contributed by atoms with Crippen molar-refractivity contribution >= 4 is 17.5 Å². The third-order valence-electron chi connectivity index (χ3n) is 4.80. The van der Waals surface area contributed by atoms with Crippen LogP contribution in [-0.2, 0) is 4.79 Å². The average molecular weight is 363 g/mol. The summed E-state index contributed by atoms with van der Waals surface area (Å²) < 4.78 is 5.11. The Morgan fingerprint density at radius 2 is 1.78 bits per heavy atom.